The summed E-state index contributed by atoms with van der Waals surface area (Å²) >= 11 is 0. The van der Waals surface area contributed by atoms with Gasteiger partial charge >= 0.3 is 11.9 Å². The van der Waals surface area contributed by atoms with Gasteiger partial charge in [-0.25, -0.2) is 0 Å². The minimum Gasteiger partial charge on any atom is -0.513 e. The first-order valence-electron chi connectivity index (χ1n) is 11.8. The van der Waals surface area contributed by atoms with E-state index >= 15 is 0 Å². The molecule has 2 heterocycles. The van der Waals surface area contributed by atoms with Crippen LogP contribution in [0.15, 0.2) is 30.0 Å². The first kappa shape index (κ1) is 24.6. The van der Waals surface area contributed by atoms with Gasteiger partial charge in [0.05, 0.1) is 46.0 Å². The van der Waals surface area contributed by atoms with Crippen molar-refractivity contribution in [2.75, 3.05) is 34.7 Å². The molecule has 1 aliphatic carbocycles. The minimum absolute atomic E-state index is 0.00958. The van der Waals surface area contributed by atoms with Crippen LogP contribution in [0.5, 0.6) is 28.7 Å². The molecule has 0 saturated carbocycles. The number of carbonyl (C=O) groups is 2. The van der Waals surface area contributed by atoms with Crippen LogP contribution in [0.25, 0.3) is 11.1 Å². The van der Waals surface area contributed by atoms with E-state index in [2.05, 4.69) is 0 Å². The van der Waals surface area contributed by atoms with Gasteiger partial charge in [0.1, 0.15) is 6.10 Å². The number of allylic oxidation sites excluding steroid dienone is 1. The topological polar surface area (TPSA) is 119 Å². The molecule has 3 unspecified atom stereocenters. The maximum atomic E-state index is 12.9. The molecule has 0 bridgehead atoms. The summed E-state index contributed by atoms with van der Waals surface area (Å²) in [5.74, 6) is 0.307. The van der Waals surface area contributed by atoms with Crippen molar-refractivity contribution in [3.8, 4) is 39.9 Å². The van der Waals surface area contributed by atoms with E-state index < -0.39 is 23.9 Å². The Morgan fingerprint density at radius 1 is 1.05 bits per heavy atom. The molecule has 3 aliphatic rings. The molecule has 5 rings (SSSR count). The summed E-state index contributed by atoms with van der Waals surface area (Å²) in [5.41, 5.74) is 2.74. The summed E-state index contributed by atoms with van der Waals surface area (Å²) in [6.07, 6.45) is 0.699. The van der Waals surface area contributed by atoms with Crippen LogP contribution in [0, 0.1) is 11.8 Å². The van der Waals surface area contributed by atoms with Gasteiger partial charge in [-0.15, -0.1) is 0 Å². The zero-order chi connectivity index (χ0) is 26.3. The van der Waals surface area contributed by atoms with E-state index in [1.54, 1.807) is 6.07 Å². The van der Waals surface area contributed by atoms with Crippen LogP contribution in [-0.4, -0.2) is 51.8 Å². The molecular weight excluding hydrogens is 484 g/mol. The van der Waals surface area contributed by atoms with Gasteiger partial charge in [-0.05, 0) is 48.7 Å². The summed E-state index contributed by atoms with van der Waals surface area (Å²) in [7, 11) is 4.57. The first-order valence-corrected chi connectivity index (χ1v) is 11.8. The Kier molecular flexibility index (Phi) is 6.49. The Morgan fingerprint density at radius 2 is 1.78 bits per heavy atom. The third kappa shape index (κ3) is 4.26. The summed E-state index contributed by atoms with van der Waals surface area (Å²) in [5, 5.41) is 9.52. The fourth-order valence-electron chi connectivity index (χ4n) is 5.22. The highest BCUT2D eigenvalue weighted by Gasteiger charge is 2.47. The highest BCUT2D eigenvalue weighted by Crippen LogP contribution is 2.55. The number of aliphatic hydroxyl groups is 1. The number of hydrogen-bond acceptors (Lipinski definition) is 10. The number of rotatable bonds is 6. The standard InChI is InChI=1S/C27H28O10/c1-13(28)5-6-22(29)37-24-16-10-20-19(35-12-36-20)9-15(16)23-14(7-17-18(24)11-34-27(17)30)8-21(31-2)25(32-3)26(23)33-4/h5,8-10,17-18,24,28H,6-7,11-12H2,1-4H3. The molecule has 196 valence electrons. The third-order valence-electron chi connectivity index (χ3n) is 6.92. The number of methoxy groups -OCH3 is 3. The SMILES string of the molecule is COc1cc2c(c(OC)c1OC)-c1cc3c(cc1C(OC(=O)CC=C(C)O)C1COC(=O)C1C2)OCO3. The molecule has 3 atom stereocenters. The fourth-order valence-corrected chi connectivity index (χ4v) is 5.22. The first-order chi connectivity index (χ1) is 17.9. The number of cyclic esters (lactones) is 1. The quantitative estimate of drug-likeness (QED) is 0.451. The summed E-state index contributed by atoms with van der Waals surface area (Å²) in [4.78, 5) is 25.8. The van der Waals surface area contributed by atoms with Gasteiger partial charge in [0.25, 0.3) is 0 Å². The van der Waals surface area contributed by atoms with Crippen LogP contribution in [0.1, 0.15) is 30.6 Å². The monoisotopic (exact) mass is 512 g/mol. The molecule has 0 radical (unpaired) electrons. The molecule has 37 heavy (non-hydrogen) atoms. The van der Waals surface area contributed by atoms with Crippen LogP contribution >= 0.6 is 0 Å². The highest BCUT2D eigenvalue weighted by molar-refractivity contribution is 5.86. The molecule has 1 saturated heterocycles. The smallest absolute Gasteiger partial charge is 0.310 e. The predicted molar refractivity (Wildman–Crippen MR) is 129 cm³/mol. The lowest BCUT2D eigenvalue weighted by Crippen LogP contribution is -2.30. The molecule has 10 nitrogen and oxygen atoms in total. The van der Waals surface area contributed by atoms with Crippen molar-refractivity contribution < 1.29 is 47.9 Å². The lowest BCUT2D eigenvalue weighted by atomic mass is 9.76. The Hall–Kier alpha value is -4.08. The van der Waals surface area contributed by atoms with E-state index in [-0.39, 0.29) is 31.5 Å². The number of hydrogen-bond donors (Lipinski definition) is 1. The molecule has 2 aromatic carbocycles. The second-order valence-corrected chi connectivity index (χ2v) is 9.04. The van der Waals surface area contributed by atoms with Crippen molar-refractivity contribution in [2.24, 2.45) is 11.8 Å². The molecular formula is C27H28O10. The second kappa shape index (κ2) is 9.76. The van der Waals surface area contributed by atoms with E-state index in [1.807, 2.05) is 12.1 Å². The van der Waals surface area contributed by atoms with E-state index in [9.17, 15) is 14.7 Å². The number of esters is 2. The molecule has 0 amide bonds. The maximum Gasteiger partial charge on any atom is 0.310 e. The van der Waals surface area contributed by atoms with Crippen LogP contribution in [0.3, 0.4) is 0 Å². The van der Waals surface area contributed by atoms with Gasteiger partial charge in [-0.1, -0.05) is 0 Å². The zero-order valence-electron chi connectivity index (χ0n) is 21.0. The van der Waals surface area contributed by atoms with Crippen LogP contribution in [0.2, 0.25) is 0 Å². The largest absolute Gasteiger partial charge is 0.513 e. The van der Waals surface area contributed by atoms with Crippen LogP contribution in [0.4, 0.5) is 0 Å². The maximum absolute atomic E-state index is 12.9. The van der Waals surface area contributed by atoms with Crippen molar-refractivity contribution in [2.45, 2.75) is 25.9 Å². The van der Waals surface area contributed by atoms with Crippen molar-refractivity contribution >= 4 is 11.9 Å². The third-order valence-corrected chi connectivity index (χ3v) is 6.92. The zero-order valence-corrected chi connectivity index (χ0v) is 21.0. The van der Waals surface area contributed by atoms with Gasteiger partial charge < -0.3 is 38.3 Å². The number of aliphatic hydroxyl groups excluding tert-OH is 1. The van der Waals surface area contributed by atoms with Gasteiger partial charge in [-0.2, -0.15) is 0 Å². The molecule has 1 fully saturated rings. The second-order valence-electron chi connectivity index (χ2n) is 9.04. The fraction of sp³-hybridized carbons (Fsp3) is 0.407. The Morgan fingerprint density at radius 3 is 2.46 bits per heavy atom. The van der Waals surface area contributed by atoms with E-state index in [0.29, 0.717) is 51.9 Å². The summed E-state index contributed by atoms with van der Waals surface area (Å²) in [6.45, 7) is 1.61. The van der Waals surface area contributed by atoms with Crippen molar-refractivity contribution in [3.63, 3.8) is 0 Å². The van der Waals surface area contributed by atoms with Crippen molar-refractivity contribution in [1.82, 2.24) is 0 Å². The molecule has 2 aromatic rings. The van der Waals surface area contributed by atoms with Crippen LogP contribution < -0.4 is 23.7 Å². The van der Waals surface area contributed by atoms with Gasteiger partial charge in [0, 0.05) is 17.0 Å². The van der Waals surface area contributed by atoms with E-state index in [1.165, 1.54) is 34.3 Å². The molecule has 1 N–H and O–H groups in total. The molecule has 2 aliphatic heterocycles. The van der Waals surface area contributed by atoms with Crippen molar-refractivity contribution in [3.05, 3.63) is 41.2 Å². The lowest BCUT2D eigenvalue weighted by molar-refractivity contribution is -0.152. The normalized spacial score (nSPS) is 21.6. The predicted octanol–water partition coefficient (Wildman–Crippen LogP) is 3.89. The van der Waals surface area contributed by atoms with Gasteiger partial charge in [-0.3, -0.25) is 9.59 Å². The van der Waals surface area contributed by atoms with Crippen LogP contribution in [-0.2, 0) is 25.5 Å². The molecule has 0 aromatic heterocycles. The van der Waals surface area contributed by atoms with Gasteiger partial charge in [0.2, 0.25) is 12.5 Å². The number of carbonyl (C=O) groups excluding carboxylic acids is 2. The average molecular weight is 513 g/mol. The van der Waals surface area contributed by atoms with Gasteiger partial charge in [0.15, 0.2) is 23.0 Å². The average Bonchev–Trinajstić information content (AvgIpc) is 3.49. The van der Waals surface area contributed by atoms with E-state index in [0.717, 1.165) is 5.56 Å². The Bertz CT molecular complexity index is 1280. The molecule has 10 heteroatoms. The highest BCUT2D eigenvalue weighted by atomic mass is 16.7. The summed E-state index contributed by atoms with van der Waals surface area (Å²) in [6, 6.07) is 5.42. The summed E-state index contributed by atoms with van der Waals surface area (Å²) < 4.78 is 39.8. The minimum atomic E-state index is -0.841. The van der Waals surface area contributed by atoms with E-state index in [4.69, 9.17) is 33.2 Å². The van der Waals surface area contributed by atoms with Crippen molar-refractivity contribution in [1.29, 1.82) is 0 Å². The number of fused-ring (bicyclic) bond motifs is 5. The Balaban J connectivity index is 1.77. The molecule has 0 spiro atoms. The Labute approximate surface area is 213 Å². The number of ether oxygens (including phenoxy) is 7. The lowest BCUT2D eigenvalue weighted by Gasteiger charge is -2.32. The number of benzene rings is 2.